The molecule has 0 bridgehead atoms. The minimum absolute atomic E-state index is 0.156. The van der Waals surface area contributed by atoms with Crippen molar-refractivity contribution < 1.29 is 19.4 Å². The normalized spacial score (nSPS) is 18.9. The molecule has 0 saturated carbocycles. The van der Waals surface area contributed by atoms with E-state index in [1.807, 2.05) is 42.5 Å². The minimum atomic E-state index is -1.09. The molecule has 1 amide bonds. The maximum absolute atomic E-state index is 13.2. The number of carboxylic acid groups (broad SMARTS) is 1. The fourth-order valence-corrected chi connectivity index (χ4v) is 3.88. The summed E-state index contributed by atoms with van der Waals surface area (Å²) in [6.45, 7) is 0.663. The smallest absolute Gasteiger partial charge is 0.326 e. The van der Waals surface area contributed by atoms with Gasteiger partial charge in [-0.2, -0.15) is 0 Å². The Kier molecular flexibility index (Phi) is 7.19. The highest BCUT2D eigenvalue weighted by molar-refractivity contribution is 5.88. The van der Waals surface area contributed by atoms with Gasteiger partial charge in [0.1, 0.15) is 12.3 Å². The molecule has 0 radical (unpaired) electrons. The van der Waals surface area contributed by atoms with Crippen molar-refractivity contribution >= 4 is 22.6 Å². The largest absolute Gasteiger partial charge is 0.480 e. The van der Waals surface area contributed by atoms with Crippen LogP contribution in [-0.2, 0) is 20.7 Å². The molecule has 5 N–H and O–H groups in total. The Morgan fingerprint density at radius 1 is 1.17 bits per heavy atom. The molecule has 1 fully saturated rings. The zero-order chi connectivity index (χ0) is 20.8. The number of nitrogens with two attached hydrogens (primary N) is 2. The van der Waals surface area contributed by atoms with Crippen LogP contribution >= 0.6 is 0 Å². The summed E-state index contributed by atoms with van der Waals surface area (Å²) in [4.78, 5) is 26.4. The lowest BCUT2D eigenvalue weighted by molar-refractivity contribution is -0.170. The summed E-state index contributed by atoms with van der Waals surface area (Å²) in [6.07, 6.45) is 2.28. The van der Waals surface area contributed by atoms with Gasteiger partial charge in [0.2, 0.25) is 5.91 Å². The molecule has 3 atom stereocenters. The Bertz CT molecular complexity index is 851. The third-order valence-corrected chi connectivity index (χ3v) is 5.37. The van der Waals surface area contributed by atoms with Gasteiger partial charge in [-0.05, 0) is 55.0 Å². The lowest BCUT2D eigenvalue weighted by Crippen LogP contribution is -2.58. The fourth-order valence-electron chi connectivity index (χ4n) is 3.88. The number of benzene rings is 2. The van der Waals surface area contributed by atoms with Gasteiger partial charge < -0.3 is 26.2 Å². The van der Waals surface area contributed by atoms with E-state index in [2.05, 4.69) is 0 Å². The number of aliphatic carboxylic acids is 1. The van der Waals surface area contributed by atoms with Crippen LogP contribution in [0, 0.1) is 0 Å². The van der Waals surface area contributed by atoms with Crippen molar-refractivity contribution in [1.29, 1.82) is 0 Å². The van der Waals surface area contributed by atoms with Crippen molar-refractivity contribution in [2.45, 2.75) is 50.4 Å². The highest BCUT2D eigenvalue weighted by Gasteiger charge is 2.38. The van der Waals surface area contributed by atoms with Crippen molar-refractivity contribution in [2.75, 3.05) is 13.2 Å². The molecule has 0 aliphatic carbocycles. The van der Waals surface area contributed by atoms with Crippen molar-refractivity contribution in [1.82, 2.24) is 4.90 Å². The number of carbonyl (C=O) groups excluding carboxylic acids is 1. The maximum atomic E-state index is 13.2. The second kappa shape index (κ2) is 9.82. The highest BCUT2D eigenvalue weighted by Crippen LogP contribution is 2.23. The highest BCUT2D eigenvalue weighted by atomic mass is 16.5. The third-order valence-electron chi connectivity index (χ3n) is 5.37. The molecule has 0 spiro atoms. The second-order valence-corrected chi connectivity index (χ2v) is 7.49. The maximum Gasteiger partial charge on any atom is 0.326 e. The summed E-state index contributed by atoms with van der Waals surface area (Å²) in [6, 6.07) is 12.0. The topological polar surface area (TPSA) is 119 Å². The zero-order valence-electron chi connectivity index (χ0n) is 16.5. The van der Waals surface area contributed by atoms with E-state index in [0.717, 1.165) is 29.2 Å². The number of ether oxygens (including phenoxy) is 1. The van der Waals surface area contributed by atoms with Crippen molar-refractivity contribution in [2.24, 2.45) is 11.5 Å². The Balaban J connectivity index is 1.81. The number of carbonyl (C=O) groups is 2. The molecule has 2 aromatic rings. The number of rotatable bonds is 8. The molecule has 1 aliphatic heterocycles. The Labute approximate surface area is 170 Å². The first kappa shape index (κ1) is 21.2. The minimum Gasteiger partial charge on any atom is -0.480 e. The van der Waals surface area contributed by atoms with Crippen molar-refractivity contribution in [3.63, 3.8) is 0 Å². The summed E-state index contributed by atoms with van der Waals surface area (Å²) in [5.41, 5.74) is 12.8. The van der Waals surface area contributed by atoms with E-state index < -0.39 is 30.2 Å². The second-order valence-electron chi connectivity index (χ2n) is 7.49. The van der Waals surface area contributed by atoms with E-state index in [-0.39, 0.29) is 13.0 Å². The predicted molar refractivity (Wildman–Crippen MR) is 111 cm³/mol. The average molecular weight is 399 g/mol. The summed E-state index contributed by atoms with van der Waals surface area (Å²) < 4.78 is 5.74. The number of nitrogens with zero attached hydrogens (tertiary/aromatic N) is 1. The monoisotopic (exact) mass is 399 g/mol. The summed E-state index contributed by atoms with van der Waals surface area (Å²) in [5.74, 6) is -1.50. The van der Waals surface area contributed by atoms with Crippen LogP contribution in [0.15, 0.2) is 42.5 Å². The predicted octanol–water partition coefficient (Wildman–Crippen LogP) is 1.87. The number of amides is 1. The van der Waals surface area contributed by atoms with Crippen molar-refractivity contribution in [3.8, 4) is 0 Å². The van der Waals surface area contributed by atoms with Gasteiger partial charge in [-0.3, -0.25) is 4.79 Å². The SMILES string of the molecule is NCC[C@@H](C(=O)O)N(C(=O)[C@@H](N)Cc1ccc2ccccc2c1)C1CCCCO1. The van der Waals surface area contributed by atoms with Crippen LogP contribution < -0.4 is 11.5 Å². The van der Waals surface area contributed by atoms with Crippen LogP contribution in [0.1, 0.15) is 31.2 Å². The first-order valence-electron chi connectivity index (χ1n) is 10.1. The number of fused-ring (bicyclic) bond motifs is 1. The van der Waals surface area contributed by atoms with Gasteiger partial charge in [0, 0.05) is 6.61 Å². The van der Waals surface area contributed by atoms with E-state index in [0.29, 0.717) is 19.4 Å². The molecule has 29 heavy (non-hydrogen) atoms. The van der Waals surface area contributed by atoms with E-state index in [1.54, 1.807) is 0 Å². The van der Waals surface area contributed by atoms with Gasteiger partial charge in [-0.25, -0.2) is 4.79 Å². The number of hydrogen-bond donors (Lipinski definition) is 3. The Morgan fingerprint density at radius 3 is 2.59 bits per heavy atom. The Morgan fingerprint density at radius 2 is 1.93 bits per heavy atom. The van der Waals surface area contributed by atoms with Gasteiger partial charge in [-0.1, -0.05) is 42.5 Å². The van der Waals surface area contributed by atoms with Gasteiger partial charge in [-0.15, -0.1) is 0 Å². The van der Waals surface area contributed by atoms with Gasteiger partial charge in [0.05, 0.1) is 6.04 Å². The lowest BCUT2D eigenvalue weighted by Gasteiger charge is -2.39. The third kappa shape index (κ3) is 5.12. The molecule has 2 aromatic carbocycles. The molecular weight excluding hydrogens is 370 g/mol. The molecule has 7 heteroatoms. The number of carboxylic acids is 1. The average Bonchev–Trinajstić information content (AvgIpc) is 2.73. The first-order valence-corrected chi connectivity index (χ1v) is 10.1. The fraction of sp³-hybridized carbons (Fsp3) is 0.455. The van der Waals surface area contributed by atoms with E-state index in [1.165, 1.54) is 4.90 Å². The Hall–Kier alpha value is -2.48. The van der Waals surface area contributed by atoms with Crippen LogP contribution in [0.2, 0.25) is 0 Å². The summed E-state index contributed by atoms with van der Waals surface area (Å²) in [7, 11) is 0. The van der Waals surface area contributed by atoms with Crippen LogP contribution in [-0.4, -0.2) is 53.3 Å². The number of hydrogen-bond acceptors (Lipinski definition) is 5. The standard InChI is InChI=1S/C22H29N3O4/c23-11-10-19(22(27)28)25(20-7-3-4-12-29-20)21(26)18(24)14-15-8-9-16-5-1-2-6-17(16)13-15/h1-2,5-6,8-9,13,18-20H,3-4,7,10-12,14,23-24H2,(H,27,28)/t18-,19-,20?/m0/s1. The summed E-state index contributed by atoms with van der Waals surface area (Å²) in [5, 5.41) is 11.9. The van der Waals surface area contributed by atoms with Gasteiger partial charge in [0.25, 0.3) is 0 Å². The van der Waals surface area contributed by atoms with Gasteiger partial charge >= 0.3 is 5.97 Å². The van der Waals surface area contributed by atoms with E-state index in [9.17, 15) is 14.7 Å². The van der Waals surface area contributed by atoms with Crippen LogP contribution in [0.25, 0.3) is 10.8 Å². The molecule has 1 heterocycles. The van der Waals surface area contributed by atoms with Gasteiger partial charge in [0.15, 0.2) is 0 Å². The van der Waals surface area contributed by atoms with Crippen LogP contribution in [0.4, 0.5) is 0 Å². The molecular formula is C22H29N3O4. The molecule has 0 aromatic heterocycles. The first-order chi connectivity index (χ1) is 14.0. The molecule has 1 aliphatic rings. The van der Waals surface area contributed by atoms with E-state index >= 15 is 0 Å². The van der Waals surface area contributed by atoms with Crippen LogP contribution in [0.5, 0.6) is 0 Å². The molecule has 7 nitrogen and oxygen atoms in total. The zero-order valence-corrected chi connectivity index (χ0v) is 16.5. The van der Waals surface area contributed by atoms with E-state index in [4.69, 9.17) is 16.2 Å². The lowest BCUT2D eigenvalue weighted by atomic mass is 10.00. The summed E-state index contributed by atoms with van der Waals surface area (Å²) >= 11 is 0. The van der Waals surface area contributed by atoms with Crippen molar-refractivity contribution in [3.05, 3.63) is 48.0 Å². The molecule has 1 unspecified atom stereocenters. The molecule has 156 valence electrons. The van der Waals surface area contributed by atoms with Crippen LogP contribution in [0.3, 0.4) is 0 Å². The molecule has 1 saturated heterocycles. The molecule has 3 rings (SSSR count). The quantitative estimate of drug-likeness (QED) is 0.623.